The number of rotatable bonds is 5. The van der Waals surface area contributed by atoms with Crippen molar-refractivity contribution in [2.75, 3.05) is 0 Å². The number of hydrogen-bond acceptors (Lipinski definition) is 6. The fourth-order valence-corrected chi connectivity index (χ4v) is 0.961. The van der Waals surface area contributed by atoms with Crippen LogP contribution < -0.4 is 15.5 Å². The Bertz CT molecular complexity index is 306. The first-order valence-corrected chi connectivity index (χ1v) is 5.02. The Morgan fingerprint density at radius 3 is 2.12 bits per heavy atom. The van der Waals surface area contributed by atoms with E-state index in [1.165, 1.54) is 0 Å². The maximum atomic E-state index is 11.2. The molecule has 0 aromatic rings. The summed E-state index contributed by atoms with van der Waals surface area (Å²) in [7, 11) is 0. The van der Waals surface area contributed by atoms with E-state index in [2.05, 4.69) is 0 Å². The Balaban J connectivity index is 4.30. The lowest BCUT2D eigenvalue weighted by Crippen LogP contribution is -2.49. The van der Waals surface area contributed by atoms with Crippen molar-refractivity contribution in [1.82, 2.24) is 5.32 Å². The van der Waals surface area contributed by atoms with Gasteiger partial charge < -0.3 is 29.9 Å². The summed E-state index contributed by atoms with van der Waals surface area (Å²) in [5.41, 5.74) is -0.769. The fraction of sp³-hybridized carbons (Fsp3) is 0.700. The van der Waals surface area contributed by atoms with E-state index >= 15 is 0 Å². The highest BCUT2D eigenvalue weighted by Gasteiger charge is 2.19. The largest absolute Gasteiger partial charge is 0.550 e. The monoisotopic (exact) mass is 245 g/mol. The number of aliphatic carboxylic acids is 2. The third kappa shape index (κ3) is 8.06. The SMILES string of the molecule is CC(C)(C)OC(=O)N[C@@H](CCC(=O)[O-])C(=O)[O-]. The molecular formula is C10H15NO6-2. The van der Waals surface area contributed by atoms with Crippen molar-refractivity contribution in [1.29, 1.82) is 0 Å². The first-order chi connectivity index (χ1) is 7.61. The van der Waals surface area contributed by atoms with E-state index in [0.717, 1.165) is 0 Å². The maximum Gasteiger partial charge on any atom is 0.408 e. The second-order valence-corrected chi connectivity index (χ2v) is 4.43. The molecule has 0 aliphatic rings. The zero-order valence-electron chi connectivity index (χ0n) is 9.94. The summed E-state index contributed by atoms with van der Waals surface area (Å²) < 4.78 is 4.82. The van der Waals surface area contributed by atoms with Crippen LogP contribution in [0.3, 0.4) is 0 Å². The van der Waals surface area contributed by atoms with E-state index in [4.69, 9.17) is 4.74 Å². The summed E-state index contributed by atoms with van der Waals surface area (Å²) in [5.74, 6) is -2.97. The first kappa shape index (κ1) is 15.2. The molecule has 0 aliphatic heterocycles. The highest BCUT2D eigenvalue weighted by atomic mass is 16.6. The molecule has 0 saturated heterocycles. The topological polar surface area (TPSA) is 119 Å². The number of carbonyl (C=O) groups excluding carboxylic acids is 3. The number of amides is 1. The predicted octanol–water partition coefficient (Wildman–Crippen LogP) is -1.84. The maximum absolute atomic E-state index is 11.2. The summed E-state index contributed by atoms with van der Waals surface area (Å²) in [6.45, 7) is 4.84. The van der Waals surface area contributed by atoms with E-state index in [1.807, 2.05) is 5.32 Å². The van der Waals surface area contributed by atoms with Crippen LogP contribution in [0.1, 0.15) is 33.6 Å². The molecule has 0 saturated carbocycles. The number of carboxylic acid groups (broad SMARTS) is 2. The van der Waals surface area contributed by atoms with Gasteiger partial charge in [0.05, 0.1) is 12.0 Å². The van der Waals surface area contributed by atoms with Crippen molar-refractivity contribution < 1.29 is 29.3 Å². The van der Waals surface area contributed by atoms with Gasteiger partial charge >= 0.3 is 6.09 Å². The van der Waals surface area contributed by atoms with Crippen LogP contribution in [0.25, 0.3) is 0 Å². The van der Waals surface area contributed by atoms with Crippen molar-refractivity contribution in [3.63, 3.8) is 0 Å². The van der Waals surface area contributed by atoms with Gasteiger partial charge in [-0.3, -0.25) is 0 Å². The Hall–Kier alpha value is -1.79. The molecule has 1 amide bonds. The standard InChI is InChI=1S/C10H17NO6/c1-10(2,3)17-9(16)11-6(8(14)15)4-5-7(12)13/h6H,4-5H2,1-3H3,(H,11,16)(H,12,13)(H,14,15)/p-2/t6-/m0/s1. The summed E-state index contributed by atoms with van der Waals surface area (Å²) in [5, 5.41) is 22.8. The number of nitrogens with one attached hydrogen (secondary N) is 1. The Morgan fingerprint density at radius 2 is 1.76 bits per heavy atom. The van der Waals surface area contributed by atoms with E-state index in [1.54, 1.807) is 20.8 Å². The van der Waals surface area contributed by atoms with Crippen molar-refractivity contribution >= 4 is 18.0 Å². The zero-order chi connectivity index (χ0) is 13.6. The van der Waals surface area contributed by atoms with Gasteiger partial charge in [0.15, 0.2) is 0 Å². The summed E-state index contributed by atoms with van der Waals surface area (Å²) >= 11 is 0. The molecule has 1 N–H and O–H groups in total. The molecule has 0 aromatic heterocycles. The van der Waals surface area contributed by atoms with Gasteiger partial charge in [0, 0.05) is 5.97 Å². The van der Waals surface area contributed by atoms with Crippen LogP contribution in [0.15, 0.2) is 0 Å². The van der Waals surface area contributed by atoms with E-state index in [-0.39, 0.29) is 6.42 Å². The van der Waals surface area contributed by atoms with E-state index < -0.39 is 36.1 Å². The van der Waals surface area contributed by atoms with E-state index in [0.29, 0.717) is 0 Å². The van der Waals surface area contributed by atoms with Gasteiger partial charge in [-0.15, -0.1) is 0 Å². The molecule has 0 unspecified atom stereocenters. The molecule has 1 atom stereocenters. The third-order valence-corrected chi connectivity index (χ3v) is 1.61. The molecule has 98 valence electrons. The normalized spacial score (nSPS) is 12.6. The second-order valence-electron chi connectivity index (χ2n) is 4.43. The van der Waals surface area contributed by atoms with Crippen molar-refractivity contribution in [2.45, 2.75) is 45.3 Å². The molecular weight excluding hydrogens is 230 g/mol. The second kappa shape index (κ2) is 6.07. The van der Waals surface area contributed by atoms with Crippen molar-refractivity contribution in [3.05, 3.63) is 0 Å². The lowest BCUT2D eigenvalue weighted by molar-refractivity contribution is -0.310. The number of alkyl carbamates (subject to hydrolysis) is 1. The summed E-state index contributed by atoms with van der Waals surface area (Å²) in [4.78, 5) is 32.0. The molecule has 7 heteroatoms. The summed E-state index contributed by atoms with van der Waals surface area (Å²) in [6, 6.07) is -1.41. The molecule has 0 fully saturated rings. The van der Waals surface area contributed by atoms with E-state index in [9.17, 15) is 24.6 Å². The minimum atomic E-state index is -1.57. The van der Waals surface area contributed by atoms with Gasteiger partial charge in [0.2, 0.25) is 0 Å². The van der Waals surface area contributed by atoms with Crippen molar-refractivity contribution in [3.8, 4) is 0 Å². The molecule has 7 nitrogen and oxygen atoms in total. The van der Waals surface area contributed by atoms with Gasteiger partial charge in [-0.25, -0.2) is 4.79 Å². The van der Waals surface area contributed by atoms with Gasteiger partial charge in [-0.05, 0) is 33.6 Å². The van der Waals surface area contributed by atoms with Crippen LogP contribution in [0.2, 0.25) is 0 Å². The predicted molar refractivity (Wildman–Crippen MR) is 52.4 cm³/mol. The first-order valence-electron chi connectivity index (χ1n) is 5.02. The van der Waals surface area contributed by atoms with Crippen LogP contribution in [-0.4, -0.2) is 29.7 Å². The molecule has 0 rings (SSSR count). The van der Waals surface area contributed by atoms with Gasteiger partial charge in [-0.1, -0.05) is 0 Å². The van der Waals surface area contributed by atoms with Gasteiger partial charge in [0.1, 0.15) is 5.60 Å². The van der Waals surface area contributed by atoms with Crippen LogP contribution in [-0.2, 0) is 14.3 Å². The molecule has 0 bridgehead atoms. The molecule has 0 heterocycles. The van der Waals surface area contributed by atoms with Crippen molar-refractivity contribution in [2.24, 2.45) is 0 Å². The molecule has 0 aliphatic carbocycles. The third-order valence-electron chi connectivity index (χ3n) is 1.61. The fourth-order valence-electron chi connectivity index (χ4n) is 0.961. The zero-order valence-corrected chi connectivity index (χ0v) is 9.94. The number of hydrogen-bond donors (Lipinski definition) is 1. The van der Waals surface area contributed by atoms with Crippen LogP contribution in [0, 0.1) is 0 Å². The summed E-state index contributed by atoms with van der Waals surface area (Å²) in [6.07, 6.45) is -1.75. The van der Waals surface area contributed by atoms with Crippen LogP contribution in [0.5, 0.6) is 0 Å². The highest BCUT2D eigenvalue weighted by Crippen LogP contribution is 2.07. The molecule has 17 heavy (non-hydrogen) atoms. The quantitative estimate of drug-likeness (QED) is 0.608. The van der Waals surface area contributed by atoms with Crippen LogP contribution in [0.4, 0.5) is 4.79 Å². The molecule has 0 spiro atoms. The Kier molecular flexibility index (Phi) is 5.43. The number of carboxylic acids is 2. The smallest absolute Gasteiger partial charge is 0.408 e. The lowest BCUT2D eigenvalue weighted by atomic mass is 10.1. The average molecular weight is 245 g/mol. The van der Waals surface area contributed by atoms with Gasteiger partial charge in [-0.2, -0.15) is 0 Å². The highest BCUT2D eigenvalue weighted by molar-refractivity contribution is 5.79. The molecule has 0 radical (unpaired) electrons. The minimum absolute atomic E-state index is 0.316. The molecule has 0 aromatic carbocycles. The number of carbonyl (C=O) groups is 3. The Morgan fingerprint density at radius 1 is 1.24 bits per heavy atom. The average Bonchev–Trinajstić information content (AvgIpc) is 2.08. The van der Waals surface area contributed by atoms with Gasteiger partial charge in [0.25, 0.3) is 0 Å². The van der Waals surface area contributed by atoms with Crippen LogP contribution >= 0.6 is 0 Å². The minimum Gasteiger partial charge on any atom is -0.550 e. The number of ether oxygens (including phenoxy) is 1. The lowest BCUT2D eigenvalue weighted by Gasteiger charge is -2.24. The Labute approximate surface area is 98.8 Å².